The van der Waals surface area contributed by atoms with Crippen molar-refractivity contribution < 1.29 is 9.53 Å². The van der Waals surface area contributed by atoms with Gasteiger partial charge in [-0.15, -0.1) is 0 Å². The summed E-state index contributed by atoms with van der Waals surface area (Å²) in [7, 11) is 0. The average molecular weight is 208 g/mol. The summed E-state index contributed by atoms with van der Waals surface area (Å²) in [6.07, 6.45) is 2.32. The molecule has 1 atom stereocenters. The molecule has 0 fully saturated rings. The average Bonchev–Trinajstić information content (AvgIpc) is 2.22. The molecule has 0 aromatic carbocycles. The van der Waals surface area contributed by atoms with Gasteiger partial charge in [0, 0.05) is 6.20 Å². The summed E-state index contributed by atoms with van der Waals surface area (Å²) in [6, 6.07) is 3.50. The van der Waals surface area contributed by atoms with Gasteiger partial charge in [0.1, 0.15) is 5.82 Å². The van der Waals surface area contributed by atoms with E-state index in [1.54, 1.807) is 19.2 Å². The molecule has 1 heterocycles. The zero-order valence-electron chi connectivity index (χ0n) is 9.06. The molecule has 0 aliphatic carbocycles. The molecule has 0 amide bonds. The van der Waals surface area contributed by atoms with E-state index < -0.39 is 0 Å². The molecule has 0 saturated heterocycles. The Labute approximate surface area is 89.5 Å². The van der Waals surface area contributed by atoms with Gasteiger partial charge in [0.05, 0.1) is 12.5 Å². The lowest BCUT2D eigenvalue weighted by atomic mass is 9.98. The summed E-state index contributed by atoms with van der Waals surface area (Å²) in [4.78, 5) is 15.5. The van der Waals surface area contributed by atoms with Gasteiger partial charge in [0.2, 0.25) is 0 Å². The molecule has 1 unspecified atom stereocenters. The fourth-order valence-electron chi connectivity index (χ4n) is 1.40. The number of hydrogen-bond donors (Lipinski definition) is 1. The lowest BCUT2D eigenvalue weighted by Gasteiger charge is -2.13. The lowest BCUT2D eigenvalue weighted by molar-refractivity contribution is -0.145. The van der Waals surface area contributed by atoms with Crippen LogP contribution in [0.5, 0.6) is 0 Å². The van der Waals surface area contributed by atoms with Crippen LogP contribution in [0.2, 0.25) is 0 Å². The van der Waals surface area contributed by atoms with Gasteiger partial charge in [-0.2, -0.15) is 0 Å². The molecule has 2 N–H and O–H groups in total. The number of aromatic nitrogens is 1. The maximum Gasteiger partial charge on any atom is 0.313 e. The van der Waals surface area contributed by atoms with Crippen LogP contribution in [0.25, 0.3) is 0 Å². The second-order valence-electron chi connectivity index (χ2n) is 3.23. The van der Waals surface area contributed by atoms with Gasteiger partial charge in [-0.3, -0.25) is 4.79 Å². The van der Waals surface area contributed by atoms with E-state index in [-0.39, 0.29) is 11.9 Å². The predicted molar refractivity (Wildman–Crippen MR) is 58.3 cm³/mol. The van der Waals surface area contributed by atoms with Crippen LogP contribution in [0.1, 0.15) is 31.7 Å². The number of nitrogen functional groups attached to an aromatic ring is 1. The minimum atomic E-state index is -0.238. The molecular weight excluding hydrogens is 192 g/mol. The van der Waals surface area contributed by atoms with Gasteiger partial charge in [-0.05, 0) is 25.0 Å². The van der Waals surface area contributed by atoms with Crippen molar-refractivity contribution in [1.29, 1.82) is 0 Å². The number of nitrogens with two attached hydrogens (primary N) is 1. The van der Waals surface area contributed by atoms with Crippen molar-refractivity contribution in [2.45, 2.75) is 26.2 Å². The van der Waals surface area contributed by atoms with Crippen LogP contribution >= 0.6 is 0 Å². The number of carbonyl (C=O) groups excluding carboxylic acids is 1. The number of rotatable bonds is 4. The van der Waals surface area contributed by atoms with Crippen molar-refractivity contribution in [3.63, 3.8) is 0 Å². The monoisotopic (exact) mass is 208 g/mol. The molecule has 82 valence electrons. The van der Waals surface area contributed by atoms with Crippen LogP contribution in [0, 0.1) is 0 Å². The molecule has 0 spiro atoms. The van der Waals surface area contributed by atoms with Crippen molar-refractivity contribution in [3.05, 3.63) is 23.9 Å². The number of nitrogens with zero attached hydrogens (tertiary/aromatic N) is 1. The van der Waals surface area contributed by atoms with Gasteiger partial charge in [0.25, 0.3) is 0 Å². The van der Waals surface area contributed by atoms with Crippen LogP contribution in [-0.2, 0) is 9.53 Å². The lowest BCUT2D eigenvalue weighted by Crippen LogP contribution is -2.15. The standard InChI is InChI=1S/C11H16N2O2/c1-3-9(11(14)15-4-2)8-5-6-10(12)13-7-8/h5-7,9H,3-4H2,1-2H3,(H2,12,13). The maximum atomic E-state index is 11.6. The Kier molecular flexibility index (Phi) is 4.09. The number of pyridine rings is 1. The van der Waals surface area contributed by atoms with Gasteiger partial charge in [0.15, 0.2) is 0 Å². The van der Waals surface area contributed by atoms with Crippen LogP contribution < -0.4 is 5.73 Å². The SMILES string of the molecule is CCOC(=O)C(CC)c1ccc(N)nc1. The van der Waals surface area contributed by atoms with Crippen molar-refractivity contribution in [2.75, 3.05) is 12.3 Å². The highest BCUT2D eigenvalue weighted by atomic mass is 16.5. The molecule has 0 saturated carbocycles. The highest BCUT2D eigenvalue weighted by Crippen LogP contribution is 2.20. The first-order valence-corrected chi connectivity index (χ1v) is 5.07. The minimum Gasteiger partial charge on any atom is -0.466 e. The molecule has 1 rings (SSSR count). The third-order valence-corrected chi connectivity index (χ3v) is 2.19. The van der Waals surface area contributed by atoms with E-state index in [0.717, 1.165) is 5.56 Å². The number of carbonyl (C=O) groups is 1. The molecular formula is C11H16N2O2. The summed E-state index contributed by atoms with van der Waals surface area (Å²) in [6.45, 7) is 4.14. The Bertz CT molecular complexity index is 322. The van der Waals surface area contributed by atoms with E-state index in [9.17, 15) is 4.79 Å². The highest BCUT2D eigenvalue weighted by molar-refractivity contribution is 5.78. The highest BCUT2D eigenvalue weighted by Gasteiger charge is 2.19. The quantitative estimate of drug-likeness (QED) is 0.765. The van der Waals surface area contributed by atoms with Crippen molar-refractivity contribution >= 4 is 11.8 Å². The predicted octanol–water partition coefficient (Wildman–Crippen LogP) is 1.72. The van der Waals surface area contributed by atoms with Crippen LogP contribution in [0.3, 0.4) is 0 Å². The second-order valence-corrected chi connectivity index (χ2v) is 3.23. The summed E-state index contributed by atoms with van der Waals surface area (Å²) in [5.74, 6) is 0.0158. The second kappa shape index (κ2) is 5.34. The third-order valence-electron chi connectivity index (χ3n) is 2.19. The Balaban J connectivity index is 2.82. The zero-order chi connectivity index (χ0) is 11.3. The third kappa shape index (κ3) is 2.94. The van der Waals surface area contributed by atoms with Crippen molar-refractivity contribution in [3.8, 4) is 0 Å². The van der Waals surface area contributed by atoms with E-state index in [2.05, 4.69) is 4.98 Å². The van der Waals surface area contributed by atoms with E-state index in [1.165, 1.54) is 0 Å². The fourth-order valence-corrected chi connectivity index (χ4v) is 1.40. The van der Waals surface area contributed by atoms with Gasteiger partial charge in [-0.1, -0.05) is 13.0 Å². The van der Waals surface area contributed by atoms with Gasteiger partial charge >= 0.3 is 5.97 Å². The van der Waals surface area contributed by atoms with Crippen LogP contribution in [-0.4, -0.2) is 17.6 Å². The van der Waals surface area contributed by atoms with E-state index >= 15 is 0 Å². The molecule has 1 aromatic rings. The number of esters is 1. The van der Waals surface area contributed by atoms with Crippen molar-refractivity contribution in [2.24, 2.45) is 0 Å². The maximum absolute atomic E-state index is 11.6. The Hall–Kier alpha value is -1.58. The Morgan fingerprint density at radius 1 is 1.53 bits per heavy atom. The molecule has 15 heavy (non-hydrogen) atoms. The number of anilines is 1. The summed E-state index contributed by atoms with van der Waals surface area (Å²) in [5, 5.41) is 0. The largest absolute Gasteiger partial charge is 0.466 e. The summed E-state index contributed by atoms with van der Waals surface area (Å²) in [5.41, 5.74) is 6.33. The first-order valence-electron chi connectivity index (χ1n) is 5.07. The molecule has 4 heteroatoms. The smallest absolute Gasteiger partial charge is 0.313 e. The number of ether oxygens (including phenoxy) is 1. The minimum absolute atomic E-state index is 0.202. The van der Waals surface area contributed by atoms with Crippen LogP contribution in [0.15, 0.2) is 18.3 Å². The molecule has 0 radical (unpaired) electrons. The Morgan fingerprint density at radius 3 is 2.73 bits per heavy atom. The topological polar surface area (TPSA) is 65.2 Å². The van der Waals surface area contributed by atoms with E-state index in [0.29, 0.717) is 18.8 Å². The van der Waals surface area contributed by atoms with Gasteiger partial charge in [-0.25, -0.2) is 4.98 Å². The zero-order valence-corrected chi connectivity index (χ0v) is 9.06. The normalized spacial score (nSPS) is 12.1. The first-order chi connectivity index (χ1) is 7.19. The molecule has 0 bridgehead atoms. The Morgan fingerprint density at radius 2 is 2.27 bits per heavy atom. The summed E-state index contributed by atoms with van der Waals surface area (Å²) < 4.78 is 4.98. The first kappa shape index (κ1) is 11.5. The van der Waals surface area contributed by atoms with Crippen molar-refractivity contribution in [1.82, 2.24) is 4.98 Å². The van der Waals surface area contributed by atoms with Crippen LogP contribution in [0.4, 0.5) is 5.82 Å². The molecule has 0 aliphatic heterocycles. The molecule has 0 aliphatic rings. The molecule has 1 aromatic heterocycles. The van der Waals surface area contributed by atoms with E-state index in [4.69, 9.17) is 10.5 Å². The molecule has 4 nitrogen and oxygen atoms in total. The van der Waals surface area contributed by atoms with Gasteiger partial charge < -0.3 is 10.5 Å². The fraction of sp³-hybridized carbons (Fsp3) is 0.455. The number of hydrogen-bond acceptors (Lipinski definition) is 4. The summed E-state index contributed by atoms with van der Waals surface area (Å²) >= 11 is 0. The van der Waals surface area contributed by atoms with E-state index in [1.807, 2.05) is 13.0 Å².